The van der Waals surface area contributed by atoms with E-state index in [4.69, 9.17) is 0 Å². The summed E-state index contributed by atoms with van der Waals surface area (Å²) in [5.41, 5.74) is -0.225. The molecule has 0 fully saturated rings. The molecular formula is C9H8INO5S. The third-order valence-electron chi connectivity index (χ3n) is 1.92. The Bertz CT molecular complexity index is 569. The zero-order chi connectivity index (χ0) is 13.2. The summed E-state index contributed by atoms with van der Waals surface area (Å²) in [6.45, 7) is 0. The first-order valence-electron chi connectivity index (χ1n) is 4.35. The lowest BCUT2D eigenvalue weighted by Crippen LogP contribution is -2.23. The largest absolute Gasteiger partial charge is 0.292 e. The van der Waals surface area contributed by atoms with Gasteiger partial charge in [0.25, 0.3) is 5.69 Å². The fourth-order valence-corrected chi connectivity index (χ4v) is 1.98. The molecule has 0 bridgehead atoms. The molecule has 1 aromatic rings. The number of rotatable bonds is 4. The highest BCUT2D eigenvalue weighted by Crippen LogP contribution is 2.19. The van der Waals surface area contributed by atoms with E-state index in [0.717, 1.165) is 12.3 Å². The van der Waals surface area contributed by atoms with Crippen molar-refractivity contribution in [3.63, 3.8) is 0 Å². The van der Waals surface area contributed by atoms with Crippen LogP contribution in [0, 0.1) is 10.1 Å². The van der Waals surface area contributed by atoms with Gasteiger partial charge in [-0.05, 0) is 0 Å². The first kappa shape index (κ1) is 14.0. The Kier molecular flexibility index (Phi) is 4.20. The highest BCUT2D eigenvalue weighted by Gasteiger charge is 2.27. The molecule has 1 atom stereocenters. The summed E-state index contributed by atoms with van der Waals surface area (Å²) < 4.78 is 21.2. The van der Waals surface area contributed by atoms with Crippen LogP contribution in [0.5, 0.6) is 0 Å². The van der Waals surface area contributed by atoms with Gasteiger partial charge in [0, 0.05) is 24.0 Å². The van der Waals surface area contributed by atoms with Gasteiger partial charge in [0.15, 0.2) is 18.9 Å². The number of alkyl halides is 1. The lowest BCUT2D eigenvalue weighted by atomic mass is 10.1. The van der Waals surface area contributed by atoms with E-state index < -0.39 is 23.8 Å². The smallest absolute Gasteiger partial charge is 0.270 e. The van der Waals surface area contributed by atoms with Crippen LogP contribution in [0.2, 0.25) is 0 Å². The number of ketones is 1. The minimum absolute atomic E-state index is 0.0176. The summed E-state index contributed by atoms with van der Waals surface area (Å²) in [6.07, 6.45) is 0.944. The molecule has 8 heteroatoms. The molecule has 0 aliphatic carbocycles. The highest BCUT2D eigenvalue weighted by molar-refractivity contribution is 14.1. The summed E-state index contributed by atoms with van der Waals surface area (Å²) in [7, 11) is -3.52. The highest BCUT2D eigenvalue weighted by atomic mass is 127. The van der Waals surface area contributed by atoms with Crippen LogP contribution < -0.4 is 0 Å². The van der Waals surface area contributed by atoms with E-state index in [2.05, 4.69) is 0 Å². The van der Waals surface area contributed by atoms with Crippen LogP contribution in [0.3, 0.4) is 0 Å². The number of benzene rings is 1. The molecule has 0 unspecified atom stereocenters. The van der Waals surface area contributed by atoms with Crippen molar-refractivity contribution in [1.82, 2.24) is 0 Å². The fraction of sp³-hybridized carbons (Fsp3) is 0.222. The van der Waals surface area contributed by atoms with E-state index in [1.54, 1.807) is 0 Å². The van der Waals surface area contributed by atoms with E-state index in [9.17, 15) is 23.3 Å². The zero-order valence-electron chi connectivity index (χ0n) is 8.66. The average Bonchev–Trinajstić information content (AvgIpc) is 2.26. The number of sulfone groups is 1. The van der Waals surface area contributed by atoms with Gasteiger partial charge in [-0.25, -0.2) is 8.42 Å². The molecule has 0 spiro atoms. The monoisotopic (exact) mass is 369 g/mol. The van der Waals surface area contributed by atoms with Gasteiger partial charge >= 0.3 is 0 Å². The third-order valence-corrected chi connectivity index (χ3v) is 6.23. The van der Waals surface area contributed by atoms with Gasteiger partial charge in [-0.2, -0.15) is 0 Å². The average molecular weight is 369 g/mol. The Morgan fingerprint density at radius 2 is 2.06 bits per heavy atom. The molecular weight excluding hydrogens is 361 g/mol. The molecule has 0 saturated carbocycles. The molecule has 17 heavy (non-hydrogen) atoms. The number of Topliss-reactive ketones (excluding diaryl/α,β-unsaturated/α-hetero) is 1. The van der Waals surface area contributed by atoms with Crippen LogP contribution in [0.25, 0.3) is 0 Å². The van der Waals surface area contributed by atoms with Gasteiger partial charge in [0.05, 0.1) is 4.92 Å². The molecule has 92 valence electrons. The quantitative estimate of drug-likeness (QED) is 0.264. The lowest BCUT2D eigenvalue weighted by Gasteiger charge is -2.06. The molecule has 0 aromatic heterocycles. The van der Waals surface area contributed by atoms with Crippen LogP contribution >= 0.6 is 22.6 Å². The fourth-order valence-electron chi connectivity index (χ4n) is 1.10. The number of hydrogen-bond donors (Lipinski definition) is 0. The Labute approximate surface area is 111 Å². The molecule has 0 radical (unpaired) electrons. The third kappa shape index (κ3) is 3.46. The van der Waals surface area contributed by atoms with Crippen molar-refractivity contribution in [3.05, 3.63) is 39.9 Å². The van der Waals surface area contributed by atoms with Crippen LogP contribution in [0.1, 0.15) is 10.4 Å². The number of nitro groups is 1. The van der Waals surface area contributed by atoms with Crippen molar-refractivity contribution in [2.75, 3.05) is 6.26 Å². The van der Waals surface area contributed by atoms with E-state index >= 15 is 0 Å². The first-order valence-corrected chi connectivity index (χ1v) is 7.55. The number of carbonyl (C=O) groups excluding carboxylic acids is 1. The van der Waals surface area contributed by atoms with Crippen molar-refractivity contribution in [3.8, 4) is 0 Å². The number of nitrogens with zero attached hydrogens (tertiary/aromatic N) is 1. The topological polar surface area (TPSA) is 94.3 Å². The van der Waals surface area contributed by atoms with Crippen LogP contribution in [-0.4, -0.2) is 28.6 Å². The van der Waals surface area contributed by atoms with Crippen molar-refractivity contribution in [2.45, 2.75) is 3.26 Å². The van der Waals surface area contributed by atoms with Crippen LogP contribution in [-0.2, 0) is 9.84 Å². The number of halogens is 1. The molecule has 6 nitrogen and oxygen atoms in total. The minimum atomic E-state index is -3.52. The second-order valence-corrected chi connectivity index (χ2v) is 7.54. The molecule has 0 amide bonds. The number of hydrogen-bond acceptors (Lipinski definition) is 5. The van der Waals surface area contributed by atoms with Gasteiger partial charge in [-0.1, -0.05) is 34.7 Å². The van der Waals surface area contributed by atoms with Crippen molar-refractivity contribution in [2.24, 2.45) is 0 Å². The van der Waals surface area contributed by atoms with Crippen molar-refractivity contribution >= 4 is 43.9 Å². The van der Waals surface area contributed by atoms with Gasteiger partial charge in [-0.15, -0.1) is 0 Å². The molecule has 1 rings (SSSR count). The van der Waals surface area contributed by atoms with E-state index in [-0.39, 0.29) is 11.3 Å². The van der Waals surface area contributed by atoms with Crippen LogP contribution in [0.15, 0.2) is 24.3 Å². The van der Waals surface area contributed by atoms with E-state index in [1.165, 1.54) is 40.8 Å². The molecule has 0 N–H and O–H groups in total. The first-order chi connectivity index (χ1) is 7.73. The summed E-state index contributed by atoms with van der Waals surface area (Å²) in [5, 5.41) is 10.5. The Morgan fingerprint density at radius 3 is 2.53 bits per heavy atom. The van der Waals surface area contributed by atoms with Gasteiger partial charge in [-0.3, -0.25) is 14.9 Å². The van der Waals surface area contributed by atoms with E-state index in [0.29, 0.717) is 0 Å². The summed E-state index contributed by atoms with van der Waals surface area (Å²) >= 11 is 1.50. The summed E-state index contributed by atoms with van der Waals surface area (Å²) in [6, 6.07) is 5.00. The summed E-state index contributed by atoms with van der Waals surface area (Å²) in [4.78, 5) is 21.6. The maximum Gasteiger partial charge on any atom is 0.270 e. The van der Waals surface area contributed by atoms with Crippen molar-refractivity contribution < 1.29 is 18.1 Å². The lowest BCUT2D eigenvalue weighted by molar-refractivity contribution is -0.384. The maximum atomic E-state index is 11.8. The van der Waals surface area contributed by atoms with Gasteiger partial charge < -0.3 is 0 Å². The normalized spacial score (nSPS) is 13.1. The Balaban J connectivity index is 3.14. The second-order valence-electron chi connectivity index (χ2n) is 3.32. The summed E-state index contributed by atoms with van der Waals surface area (Å²) in [5.74, 6) is -0.656. The van der Waals surface area contributed by atoms with Gasteiger partial charge in [0.1, 0.15) is 0 Å². The number of non-ortho nitro benzene ring substituents is 1. The minimum Gasteiger partial charge on any atom is -0.292 e. The molecule has 0 aliphatic rings. The number of carbonyl (C=O) groups is 1. The predicted molar refractivity (Wildman–Crippen MR) is 70.1 cm³/mol. The Morgan fingerprint density at radius 1 is 1.47 bits per heavy atom. The standard InChI is InChI=1S/C9H8INO5S/c1-17(15,16)9(10)8(12)6-3-2-4-7(5-6)11(13)14/h2-5,9H,1H3/t9-/m0/s1. The molecule has 0 aliphatic heterocycles. The predicted octanol–water partition coefficient (Wildman–Crippen LogP) is 1.58. The maximum absolute atomic E-state index is 11.8. The molecule has 0 saturated heterocycles. The van der Waals surface area contributed by atoms with Crippen molar-refractivity contribution in [1.29, 1.82) is 0 Å². The zero-order valence-corrected chi connectivity index (χ0v) is 11.6. The van der Waals surface area contributed by atoms with Crippen LogP contribution in [0.4, 0.5) is 5.69 Å². The van der Waals surface area contributed by atoms with Gasteiger partial charge in [0.2, 0.25) is 0 Å². The Hall–Kier alpha value is -1.03. The SMILES string of the molecule is CS(=O)(=O)[C@H](I)C(=O)c1cccc([N+](=O)[O-])c1. The second kappa shape index (κ2) is 5.08. The van der Waals surface area contributed by atoms with E-state index in [1.807, 2.05) is 0 Å². The number of nitro benzene ring substituents is 1. The molecule has 0 heterocycles. The molecule has 1 aromatic carbocycles.